The molecular weight excluding hydrogens is 400 g/mol. The summed E-state index contributed by atoms with van der Waals surface area (Å²) in [6.45, 7) is 6.16. The smallest absolute Gasteiger partial charge is 0.374 e. The minimum Gasteiger partial charge on any atom is -0.460 e. The van der Waals surface area contributed by atoms with Crippen molar-refractivity contribution in [3.05, 3.63) is 34.8 Å². The lowest BCUT2D eigenvalue weighted by atomic mass is 10.1. The van der Waals surface area contributed by atoms with E-state index in [0.29, 0.717) is 11.3 Å². The maximum absolute atomic E-state index is 12.9. The van der Waals surface area contributed by atoms with Crippen molar-refractivity contribution in [2.24, 2.45) is 7.05 Å². The molecule has 1 aliphatic heterocycles. The number of esters is 1. The second kappa shape index (κ2) is 7.99. The van der Waals surface area contributed by atoms with Crippen molar-refractivity contribution in [1.82, 2.24) is 19.0 Å². The standard InChI is InChI=1S/C18H24N4O6S/c1-5-27-18(24)14-6-7-15(28-14)29(25,26)22-10-8-21(9-11-22)17(23)16-12(2)19-20(4)13(16)3/h6-7H,5,8-11H2,1-4H3. The van der Waals surface area contributed by atoms with E-state index in [1.807, 2.05) is 6.92 Å². The number of aryl methyl sites for hydroxylation is 2. The van der Waals surface area contributed by atoms with Crippen LogP contribution in [-0.2, 0) is 21.8 Å². The van der Waals surface area contributed by atoms with Gasteiger partial charge in [0.05, 0.1) is 17.9 Å². The predicted molar refractivity (Wildman–Crippen MR) is 102 cm³/mol. The van der Waals surface area contributed by atoms with Crippen molar-refractivity contribution in [2.45, 2.75) is 25.9 Å². The van der Waals surface area contributed by atoms with Gasteiger partial charge in [0.2, 0.25) is 10.9 Å². The number of carbonyl (C=O) groups is 2. The summed E-state index contributed by atoms with van der Waals surface area (Å²) in [6.07, 6.45) is 0. The number of hydrogen-bond acceptors (Lipinski definition) is 7. The minimum absolute atomic E-state index is 0.127. The van der Waals surface area contributed by atoms with E-state index in [4.69, 9.17) is 9.15 Å². The topological polar surface area (TPSA) is 115 Å². The molecule has 158 valence electrons. The summed E-state index contributed by atoms with van der Waals surface area (Å²) in [7, 11) is -2.14. The zero-order chi connectivity index (χ0) is 21.3. The van der Waals surface area contributed by atoms with Gasteiger partial charge in [0.25, 0.3) is 15.9 Å². The molecule has 3 heterocycles. The van der Waals surface area contributed by atoms with Crippen LogP contribution in [0, 0.1) is 13.8 Å². The summed E-state index contributed by atoms with van der Waals surface area (Å²) in [4.78, 5) is 26.2. The van der Waals surface area contributed by atoms with Gasteiger partial charge in [-0.3, -0.25) is 9.48 Å². The first-order valence-electron chi connectivity index (χ1n) is 9.23. The average molecular weight is 424 g/mol. The van der Waals surface area contributed by atoms with Crippen molar-refractivity contribution in [1.29, 1.82) is 0 Å². The van der Waals surface area contributed by atoms with Gasteiger partial charge < -0.3 is 14.1 Å². The van der Waals surface area contributed by atoms with Gasteiger partial charge >= 0.3 is 5.97 Å². The number of sulfonamides is 1. The van der Waals surface area contributed by atoms with Crippen molar-refractivity contribution < 1.29 is 27.2 Å². The van der Waals surface area contributed by atoms with Gasteiger partial charge in [-0.15, -0.1) is 0 Å². The van der Waals surface area contributed by atoms with Crippen LogP contribution in [0.4, 0.5) is 0 Å². The molecule has 2 aromatic heterocycles. The predicted octanol–water partition coefficient (Wildman–Crippen LogP) is 0.953. The second-order valence-corrected chi connectivity index (χ2v) is 8.57. The Balaban J connectivity index is 1.70. The van der Waals surface area contributed by atoms with Crippen molar-refractivity contribution in [3.8, 4) is 0 Å². The third-order valence-corrected chi connectivity index (χ3v) is 6.67. The van der Waals surface area contributed by atoms with Crippen molar-refractivity contribution in [3.63, 3.8) is 0 Å². The molecule has 1 saturated heterocycles. The van der Waals surface area contributed by atoms with Gasteiger partial charge in [-0.1, -0.05) is 0 Å². The molecule has 0 aliphatic carbocycles. The first-order chi connectivity index (χ1) is 13.7. The molecule has 1 fully saturated rings. The molecule has 29 heavy (non-hydrogen) atoms. The molecule has 10 nitrogen and oxygen atoms in total. The molecule has 0 spiro atoms. The fourth-order valence-corrected chi connectivity index (χ4v) is 4.60. The Labute approximate surface area is 169 Å². The van der Waals surface area contributed by atoms with E-state index in [9.17, 15) is 18.0 Å². The van der Waals surface area contributed by atoms with E-state index in [1.54, 1.807) is 30.5 Å². The number of amides is 1. The molecule has 0 unspecified atom stereocenters. The van der Waals surface area contributed by atoms with Crippen LogP contribution in [0.2, 0.25) is 0 Å². The zero-order valence-electron chi connectivity index (χ0n) is 16.8. The maximum atomic E-state index is 12.9. The van der Waals surface area contributed by atoms with Crippen LogP contribution in [0.15, 0.2) is 21.6 Å². The van der Waals surface area contributed by atoms with Crippen LogP contribution < -0.4 is 0 Å². The van der Waals surface area contributed by atoms with Gasteiger partial charge in [0, 0.05) is 38.9 Å². The molecule has 1 amide bonds. The monoisotopic (exact) mass is 424 g/mol. The van der Waals surface area contributed by atoms with Gasteiger partial charge in [-0.05, 0) is 32.9 Å². The molecular formula is C18H24N4O6S. The highest BCUT2D eigenvalue weighted by Gasteiger charge is 2.34. The Bertz CT molecular complexity index is 1030. The molecule has 0 radical (unpaired) electrons. The summed E-state index contributed by atoms with van der Waals surface area (Å²) in [6, 6.07) is 2.51. The number of carbonyl (C=O) groups excluding carboxylic acids is 2. The number of nitrogens with zero attached hydrogens (tertiary/aromatic N) is 4. The van der Waals surface area contributed by atoms with Crippen LogP contribution >= 0.6 is 0 Å². The molecule has 11 heteroatoms. The second-order valence-electron chi connectivity index (χ2n) is 6.70. The first kappa shape index (κ1) is 21.1. The summed E-state index contributed by atoms with van der Waals surface area (Å²) in [5.41, 5.74) is 1.96. The zero-order valence-corrected chi connectivity index (χ0v) is 17.7. The number of furan rings is 1. The molecule has 0 N–H and O–H groups in total. The van der Waals surface area contributed by atoms with Crippen LogP contribution in [0.1, 0.15) is 39.2 Å². The highest BCUT2D eigenvalue weighted by Crippen LogP contribution is 2.22. The van der Waals surface area contributed by atoms with E-state index >= 15 is 0 Å². The lowest BCUT2D eigenvalue weighted by Gasteiger charge is -2.33. The number of piperazine rings is 1. The Morgan fingerprint density at radius 2 is 1.83 bits per heavy atom. The lowest BCUT2D eigenvalue weighted by molar-refractivity contribution is 0.0483. The largest absolute Gasteiger partial charge is 0.460 e. The van der Waals surface area contributed by atoms with Crippen molar-refractivity contribution in [2.75, 3.05) is 32.8 Å². The fraction of sp³-hybridized carbons (Fsp3) is 0.500. The van der Waals surface area contributed by atoms with Gasteiger partial charge in [-0.2, -0.15) is 9.40 Å². The van der Waals surface area contributed by atoms with Crippen molar-refractivity contribution >= 4 is 21.9 Å². The first-order valence-corrected chi connectivity index (χ1v) is 10.7. The molecule has 1 aliphatic rings. The number of ether oxygens (including phenoxy) is 1. The summed E-state index contributed by atoms with van der Waals surface area (Å²) < 4.78 is 38.5. The highest BCUT2D eigenvalue weighted by atomic mass is 32.2. The van der Waals surface area contributed by atoms with Crippen LogP contribution in [-0.4, -0.2) is 72.1 Å². The van der Waals surface area contributed by atoms with Crippen LogP contribution in [0.5, 0.6) is 0 Å². The Morgan fingerprint density at radius 3 is 2.38 bits per heavy atom. The third-order valence-electron chi connectivity index (χ3n) is 4.90. The molecule has 0 atom stereocenters. The van der Waals surface area contributed by atoms with E-state index < -0.39 is 16.0 Å². The Hall–Kier alpha value is -2.66. The molecule has 0 aromatic carbocycles. The normalized spacial score (nSPS) is 15.5. The minimum atomic E-state index is -3.91. The molecule has 2 aromatic rings. The quantitative estimate of drug-likeness (QED) is 0.657. The van der Waals surface area contributed by atoms with E-state index in [2.05, 4.69) is 5.10 Å². The van der Waals surface area contributed by atoms with Gasteiger partial charge in [0.15, 0.2) is 0 Å². The van der Waals surface area contributed by atoms with Gasteiger partial charge in [0.1, 0.15) is 0 Å². The van der Waals surface area contributed by atoms with E-state index in [1.165, 1.54) is 16.4 Å². The van der Waals surface area contributed by atoms with E-state index in [-0.39, 0.29) is 49.5 Å². The van der Waals surface area contributed by atoms with Crippen LogP contribution in [0.25, 0.3) is 0 Å². The van der Waals surface area contributed by atoms with Gasteiger partial charge in [-0.25, -0.2) is 13.2 Å². The van der Waals surface area contributed by atoms with E-state index in [0.717, 1.165) is 5.69 Å². The number of rotatable bonds is 5. The van der Waals surface area contributed by atoms with Crippen LogP contribution in [0.3, 0.4) is 0 Å². The fourth-order valence-electron chi connectivity index (χ4n) is 3.27. The molecule has 0 saturated carbocycles. The SMILES string of the molecule is CCOC(=O)c1ccc(S(=O)(=O)N2CCN(C(=O)c3c(C)nn(C)c3C)CC2)o1. The third kappa shape index (κ3) is 3.92. The summed E-state index contributed by atoms with van der Waals surface area (Å²) in [5, 5.41) is 3.94. The summed E-state index contributed by atoms with van der Waals surface area (Å²) in [5.74, 6) is -1.04. The Kier molecular flexibility index (Phi) is 5.80. The highest BCUT2D eigenvalue weighted by molar-refractivity contribution is 7.89. The molecule has 3 rings (SSSR count). The Morgan fingerprint density at radius 1 is 1.17 bits per heavy atom. The number of aromatic nitrogens is 2. The average Bonchev–Trinajstić information content (AvgIpc) is 3.27. The lowest BCUT2D eigenvalue weighted by Crippen LogP contribution is -2.50. The number of hydrogen-bond donors (Lipinski definition) is 0. The summed E-state index contributed by atoms with van der Waals surface area (Å²) >= 11 is 0. The maximum Gasteiger partial charge on any atom is 0.374 e. The molecule has 0 bridgehead atoms.